The van der Waals surface area contributed by atoms with Crippen molar-refractivity contribution in [2.45, 2.75) is 33.6 Å². The highest BCUT2D eigenvalue weighted by Crippen LogP contribution is 2.30. The summed E-state index contributed by atoms with van der Waals surface area (Å²) in [6.45, 7) is 5.39. The standard InChI is InChI=1S/C29H29NO4/c1-19-7-8-21(13-14-29(3,18-31)28(32)33)15-23(19)10-9-22-5-4-6-26(20(22)2)24-11-12-25-17-30-34-27(25)16-24/h4-12,15-17,31H,13-14,18H2,1-3H3,(H,32,33)/b10-9+/t29-/m0/s1. The fourth-order valence-electron chi connectivity index (χ4n) is 4.05. The summed E-state index contributed by atoms with van der Waals surface area (Å²) in [6.07, 6.45) is 6.90. The lowest BCUT2D eigenvalue weighted by molar-refractivity contribution is -0.150. The Balaban J connectivity index is 1.58. The number of rotatable bonds is 8. The van der Waals surface area contributed by atoms with Gasteiger partial charge in [0, 0.05) is 5.39 Å². The van der Waals surface area contributed by atoms with Crippen molar-refractivity contribution in [1.82, 2.24) is 5.16 Å². The molecule has 4 rings (SSSR count). The highest BCUT2D eigenvalue weighted by atomic mass is 16.5. The zero-order chi connectivity index (χ0) is 24.3. The summed E-state index contributed by atoms with van der Waals surface area (Å²) in [7, 11) is 0. The Morgan fingerprint density at radius 3 is 2.62 bits per heavy atom. The lowest BCUT2D eigenvalue weighted by atomic mass is 9.84. The van der Waals surface area contributed by atoms with Crippen LogP contribution in [0, 0.1) is 19.3 Å². The maximum atomic E-state index is 11.5. The van der Waals surface area contributed by atoms with Crippen LogP contribution in [-0.2, 0) is 11.2 Å². The van der Waals surface area contributed by atoms with Gasteiger partial charge in [-0.15, -0.1) is 0 Å². The van der Waals surface area contributed by atoms with Crippen LogP contribution in [0.4, 0.5) is 0 Å². The maximum absolute atomic E-state index is 11.5. The number of aryl methyl sites for hydroxylation is 2. The molecule has 0 unspecified atom stereocenters. The van der Waals surface area contributed by atoms with Gasteiger partial charge in [0.1, 0.15) is 0 Å². The van der Waals surface area contributed by atoms with Crippen molar-refractivity contribution < 1.29 is 19.5 Å². The van der Waals surface area contributed by atoms with Crippen molar-refractivity contribution in [2.75, 3.05) is 6.61 Å². The molecular weight excluding hydrogens is 426 g/mol. The van der Waals surface area contributed by atoms with Gasteiger partial charge in [0.05, 0.1) is 18.2 Å². The van der Waals surface area contributed by atoms with Gasteiger partial charge in [-0.3, -0.25) is 4.79 Å². The Labute approximate surface area is 199 Å². The number of carboxylic acid groups (broad SMARTS) is 1. The third-order valence-corrected chi connectivity index (χ3v) is 6.66. The summed E-state index contributed by atoms with van der Waals surface area (Å²) >= 11 is 0. The van der Waals surface area contributed by atoms with E-state index in [0.29, 0.717) is 12.8 Å². The van der Waals surface area contributed by atoms with Crippen LogP contribution >= 0.6 is 0 Å². The lowest BCUT2D eigenvalue weighted by Gasteiger charge is -2.21. The predicted molar refractivity (Wildman–Crippen MR) is 135 cm³/mol. The van der Waals surface area contributed by atoms with Crippen molar-refractivity contribution in [3.63, 3.8) is 0 Å². The van der Waals surface area contributed by atoms with E-state index in [1.54, 1.807) is 13.1 Å². The molecule has 1 heterocycles. The van der Waals surface area contributed by atoms with Gasteiger partial charge < -0.3 is 14.7 Å². The molecule has 0 aliphatic rings. The summed E-state index contributed by atoms with van der Waals surface area (Å²) < 4.78 is 5.33. The highest BCUT2D eigenvalue weighted by Gasteiger charge is 2.31. The molecule has 0 aliphatic heterocycles. The van der Waals surface area contributed by atoms with E-state index in [1.807, 2.05) is 18.2 Å². The molecular formula is C29H29NO4. The van der Waals surface area contributed by atoms with Crippen LogP contribution in [0.5, 0.6) is 0 Å². The average Bonchev–Trinajstić information content (AvgIpc) is 3.31. The number of aliphatic carboxylic acids is 1. The van der Waals surface area contributed by atoms with Gasteiger partial charge in [0.25, 0.3) is 0 Å². The third kappa shape index (κ3) is 4.80. The smallest absolute Gasteiger partial charge is 0.311 e. The number of aliphatic hydroxyl groups excluding tert-OH is 1. The van der Waals surface area contributed by atoms with E-state index < -0.39 is 11.4 Å². The first kappa shape index (κ1) is 23.5. The van der Waals surface area contributed by atoms with Gasteiger partial charge in [0.2, 0.25) is 0 Å². The molecule has 5 nitrogen and oxygen atoms in total. The zero-order valence-corrected chi connectivity index (χ0v) is 19.7. The maximum Gasteiger partial charge on any atom is 0.311 e. The Bertz CT molecular complexity index is 1370. The number of aliphatic hydroxyl groups is 1. The Hall–Kier alpha value is -3.70. The molecule has 0 saturated carbocycles. The molecule has 1 aromatic heterocycles. The number of hydrogen-bond acceptors (Lipinski definition) is 4. The molecule has 0 bridgehead atoms. The summed E-state index contributed by atoms with van der Waals surface area (Å²) in [5, 5.41) is 23.8. The molecule has 4 aromatic rings. The highest BCUT2D eigenvalue weighted by molar-refractivity contribution is 5.84. The first-order chi connectivity index (χ1) is 16.3. The minimum Gasteiger partial charge on any atom is -0.481 e. The fourth-order valence-corrected chi connectivity index (χ4v) is 4.05. The quantitative estimate of drug-likeness (QED) is 0.305. The Kier molecular flexibility index (Phi) is 6.66. The van der Waals surface area contributed by atoms with E-state index in [9.17, 15) is 15.0 Å². The molecule has 34 heavy (non-hydrogen) atoms. The summed E-state index contributed by atoms with van der Waals surface area (Å²) in [4.78, 5) is 11.5. The van der Waals surface area contributed by atoms with E-state index in [1.165, 1.54) is 5.56 Å². The number of benzene rings is 3. The fraction of sp³-hybridized carbons (Fsp3) is 0.241. The van der Waals surface area contributed by atoms with Crippen LogP contribution in [0.3, 0.4) is 0 Å². The molecule has 174 valence electrons. The van der Waals surface area contributed by atoms with Gasteiger partial charge in [-0.1, -0.05) is 59.8 Å². The normalized spacial score (nSPS) is 13.4. The van der Waals surface area contributed by atoms with Crippen LogP contribution in [0.15, 0.2) is 65.3 Å². The van der Waals surface area contributed by atoms with Crippen molar-refractivity contribution in [2.24, 2.45) is 5.41 Å². The third-order valence-electron chi connectivity index (χ3n) is 6.66. The minimum atomic E-state index is -1.13. The van der Waals surface area contributed by atoms with E-state index >= 15 is 0 Å². The van der Waals surface area contributed by atoms with Crippen molar-refractivity contribution in [3.8, 4) is 11.1 Å². The largest absolute Gasteiger partial charge is 0.481 e. The minimum absolute atomic E-state index is 0.375. The first-order valence-electron chi connectivity index (χ1n) is 11.4. The number of aromatic nitrogens is 1. The Morgan fingerprint density at radius 2 is 1.85 bits per heavy atom. The number of nitrogens with zero attached hydrogens (tertiary/aromatic N) is 1. The van der Waals surface area contributed by atoms with Crippen molar-refractivity contribution >= 4 is 29.1 Å². The Morgan fingerprint density at radius 1 is 1.06 bits per heavy atom. The van der Waals surface area contributed by atoms with E-state index in [-0.39, 0.29) is 6.61 Å². The predicted octanol–water partition coefficient (Wildman–Crippen LogP) is 6.30. The summed E-state index contributed by atoms with van der Waals surface area (Å²) in [5.41, 5.74) is 7.45. The molecule has 2 N–H and O–H groups in total. The monoisotopic (exact) mass is 455 g/mol. The van der Waals surface area contributed by atoms with Crippen LogP contribution in [0.25, 0.3) is 34.2 Å². The molecule has 3 aromatic carbocycles. The molecule has 1 atom stereocenters. The number of fused-ring (bicyclic) bond motifs is 1. The van der Waals surface area contributed by atoms with Crippen LogP contribution < -0.4 is 0 Å². The molecule has 0 fully saturated rings. The van der Waals surface area contributed by atoms with E-state index in [0.717, 1.165) is 44.3 Å². The van der Waals surface area contributed by atoms with Crippen LogP contribution in [0.1, 0.15) is 41.2 Å². The second-order valence-corrected chi connectivity index (χ2v) is 9.15. The molecule has 0 amide bonds. The molecule has 0 aliphatic carbocycles. The topological polar surface area (TPSA) is 83.6 Å². The SMILES string of the molecule is Cc1ccc(CC[C@@](C)(CO)C(=O)O)cc1/C=C/c1cccc(-c2ccc3cnoc3c2)c1C. The summed E-state index contributed by atoms with van der Waals surface area (Å²) in [5.74, 6) is -0.972. The number of carboxylic acids is 1. The zero-order valence-electron chi connectivity index (χ0n) is 19.7. The number of hydrogen-bond donors (Lipinski definition) is 2. The van der Waals surface area contributed by atoms with Gasteiger partial charge in [-0.2, -0.15) is 0 Å². The second kappa shape index (κ2) is 9.65. The second-order valence-electron chi connectivity index (χ2n) is 9.15. The molecule has 0 spiro atoms. The molecule has 5 heteroatoms. The van der Waals surface area contributed by atoms with Crippen molar-refractivity contribution in [1.29, 1.82) is 0 Å². The van der Waals surface area contributed by atoms with Gasteiger partial charge in [-0.05, 0) is 84.7 Å². The van der Waals surface area contributed by atoms with Crippen LogP contribution in [0.2, 0.25) is 0 Å². The molecule has 0 radical (unpaired) electrons. The lowest BCUT2D eigenvalue weighted by Crippen LogP contribution is -2.32. The van der Waals surface area contributed by atoms with Gasteiger partial charge in [0.15, 0.2) is 5.58 Å². The average molecular weight is 456 g/mol. The van der Waals surface area contributed by atoms with E-state index in [4.69, 9.17) is 4.52 Å². The van der Waals surface area contributed by atoms with E-state index in [2.05, 4.69) is 67.6 Å². The first-order valence-corrected chi connectivity index (χ1v) is 11.4. The van der Waals surface area contributed by atoms with Crippen LogP contribution in [-0.4, -0.2) is 27.9 Å². The van der Waals surface area contributed by atoms with Gasteiger partial charge in [-0.25, -0.2) is 0 Å². The molecule has 0 saturated heterocycles. The summed E-state index contributed by atoms with van der Waals surface area (Å²) in [6, 6.07) is 18.6. The number of carbonyl (C=O) groups is 1. The van der Waals surface area contributed by atoms with Gasteiger partial charge >= 0.3 is 5.97 Å². The van der Waals surface area contributed by atoms with Crippen molar-refractivity contribution in [3.05, 3.63) is 88.6 Å².